The highest BCUT2D eigenvalue weighted by Gasteiger charge is 2.39. The fourth-order valence-electron chi connectivity index (χ4n) is 3.81. The van der Waals surface area contributed by atoms with Crippen LogP contribution in [-0.4, -0.2) is 27.7 Å². The third-order valence-corrected chi connectivity index (χ3v) is 6.92. The fourth-order valence-corrected chi connectivity index (χ4v) is 5.18. The molecule has 0 radical (unpaired) electrons. The van der Waals surface area contributed by atoms with E-state index in [1.54, 1.807) is 6.07 Å². The van der Waals surface area contributed by atoms with Crippen LogP contribution in [0.2, 0.25) is 0 Å². The Balaban J connectivity index is 1.80. The van der Waals surface area contributed by atoms with Crippen molar-refractivity contribution in [3.8, 4) is 0 Å². The number of aliphatic hydroxyl groups is 1. The first-order valence-electron chi connectivity index (χ1n) is 9.83. The van der Waals surface area contributed by atoms with E-state index < -0.39 is 5.97 Å². The summed E-state index contributed by atoms with van der Waals surface area (Å²) in [5.41, 5.74) is 0. The molecular weight excluding hydrogens is 368 g/mol. The number of alkyl halides is 1. The Bertz CT molecular complexity index is 584. The molecule has 146 valence electrons. The summed E-state index contributed by atoms with van der Waals surface area (Å²) in [5.74, 6) is -0.399. The lowest BCUT2D eigenvalue weighted by Crippen LogP contribution is -2.18. The average molecular weight is 399 g/mol. The van der Waals surface area contributed by atoms with Gasteiger partial charge in [-0.1, -0.05) is 38.3 Å². The number of allylic oxidation sites excluding steroid dienone is 1. The van der Waals surface area contributed by atoms with Gasteiger partial charge in [-0.2, -0.15) is 0 Å². The molecule has 4 atom stereocenters. The number of carboxylic acid groups (broad SMARTS) is 1. The summed E-state index contributed by atoms with van der Waals surface area (Å²) in [7, 11) is 0. The minimum absolute atomic E-state index is 0.0256. The van der Waals surface area contributed by atoms with Crippen LogP contribution in [0.3, 0.4) is 0 Å². The van der Waals surface area contributed by atoms with E-state index in [0.29, 0.717) is 17.2 Å². The highest BCUT2D eigenvalue weighted by molar-refractivity contribution is 7.13. The van der Waals surface area contributed by atoms with Gasteiger partial charge < -0.3 is 10.2 Å². The third kappa shape index (κ3) is 6.40. The van der Waals surface area contributed by atoms with Crippen molar-refractivity contribution in [3.63, 3.8) is 0 Å². The zero-order valence-electron chi connectivity index (χ0n) is 15.6. The Morgan fingerprint density at radius 1 is 1.31 bits per heavy atom. The van der Waals surface area contributed by atoms with Gasteiger partial charge in [0.05, 0.1) is 6.10 Å². The van der Waals surface area contributed by atoms with Gasteiger partial charge in [-0.3, -0.25) is 0 Å². The molecule has 1 fully saturated rings. The van der Waals surface area contributed by atoms with Crippen molar-refractivity contribution >= 4 is 28.9 Å². The molecule has 1 aromatic rings. The van der Waals surface area contributed by atoms with Crippen LogP contribution in [0, 0.1) is 11.8 Å². The number of aliphatic hydroxyl groups excluding tert-OH is 1. The lowest BCUT2D eigenvalue weighted by atomic mass is 9.89. The maximum atomic E-state index is 11.0. The predicted octanol–water partition coefficient (Wildman–Crippen LogP) is 5.90. The van der Waals surface area contributed by atoms with Crippen LogP contribution in [0.5, 0.6) is 0 Å². The Morgan fingerprint density at radius 2 is 2.12 bits per heavy atom. The van der Waals surface area contributed by atoms with Crippen molar-refractivity contribution in [2.75, 3.05) is 0 Å². The molecule has 0 aliphatic heterocycles. The molecule has 0 unspecified atom stereocenters. The number of carboxylic acids is 1. The summed E-state index contributed by atoms with van der Waals surface area (Å²) in [6, 6.07) is 3.58. The molecule has 1 heterocycles. The number of rotatable bonds is 11. The van der Waals surface area contributed by atoms with E-state index in [-0.39, 0.29) is 17.4 Å². The number of unbranched alkanes of at least 4 members (excludes halogenated alkanes) is 4. The molecule has 0 bridgehead atoms. The summed E-state index contributed by atoms with van der Waals surface area (Å²) in [5, 5.41) is 19.4. The maximum absolute atomic E-state index is 11.0. The van der Waals surface area contributed by atoms with Gasteiger partial charge in [0.2, 0.25) is 0 Å². The van der Waals surface area contributed by atoms with Gasteiger partial charge in [0.1, 0.15) is 4.88 Å². The second-order valence-electron chi connectivity index (χ2n) is 7.30. The number of aryl methyl sites for hydroxylation is 1. The van der Waals surface area contributed by atoms with E-state index in [1.165, 1.54) is 37.0 Å². The Kier molecular flexibility index (Phi) is 9.17. The molecule has 26 heavy (non-hydrogen) atoms. The number of aromatic carboxylic acids is 1. The Morgan fingerprint density at radius 3 is 2.81 bits per heavy atom. The number of carbonyl (C=O) groups is 1. The van der Waals surface area contributed by atoms with Crippen LogP contribution in [0.1, 0.15) is 72.8 Å². The predicted molar refractivity (Wildman–Crippen MR) is 109 cm³/mol. The van der Waals surface area contributed by atoms with Gasteiger partial charge in [-0.25, -0.2) is 4.79 Å². The van der Waals surface area contributed by atoms with Crippen molar-refractivity contribution in [3.05, 3.63) is 34.0 Å². The molecule has 2 rings (SSSR count). The fraction of sp³-hybridized carbons (Fsp3) is 0.667. The first-order valence-corrected chi connectivity index (χ1v) is 11.1. The van der Waals surface area contributed by atoms with E-state index in [1.807, 2.05) is 6.07 Å². The second-order valence-corrected chi connectivity index (χ2v) is 9.03. The van der Waals surface area contributed by atoms with Crippen molar-refractivity contribution in [2.45, 2.75) is 76.2 Å². The van der Waals surface area contributed by atoms with E-state index >= 15 is 0 Å². The quantitative estimate of drug-likeness (QED) is 0.277. The van der Waals surface area contributed by atoms with Crippen LogP contribution in [0.4, 0.5) is 0 Å². The molecular formula is C21H31ClO3S. The number of halogens is 1. The van der Waals surface area contributed by atoms with Crippen LogP contribution < -0.4 is 0 Å². The number of hydrogen-bond acceptors (Lipinski definition) is 3. The molecule has 5 heteroatoms. The van der Waals surface area contributed by atoms with E-state index in [2.05, 4.69) is 19.1 Å². The lowest BCUT2D eigenvalue weighted by Gasteiger charge is -2.20. The SMILES string of the molecule is CCCCCC/C=C/[C@@H]1[C@@H](CCCc2ccc(C(=O)O)s2)[C@H](Cl)C[C@H]1O. The summed E-state index contributed by atoms with van der Waals surface area (Å²) >= 11 is 7.86. The number of hydrogen-bond donors (Lipinski definition) is 2. The first-order chi connectivity index (χ1) is 12.5. The van der Waals surface area contributed by atoms with E-state index in [9.17, 15) is 9.90 Å². The molecule has 3 nitrogen and oxygen atoms in total. The molecule has 0 amide bonds. The third-order valence-electron chi connectivity index (χ3n) is 5.29. The van der Waals surface area contributed by atoms with Crippen LogP contribution in [0.25, 0.3) is 0 Å². The largest absolute Gasteiger partial charge is 0.477 e. The lowest BCUT2D eigenvalue weighted by molar-refractivity contribution is 0.0702. The maximum Gasteiger partial charge on any atom is 0.345 e. The van der Waals surface area contributed by atoms with Gasteiger partial charge in [0.25, 0.3) is 0 Å². The first kappa shape index (κ1) is 21.5. The highest BCUT2D eigenvalue weighted by atomic mass is 35.5. The van der Waals surface area contributed by atoms with Gasteiger partial charge in [0.15, 0.2) is 0 Å². The van der Waals surface area contributed by atoms with Crippen LogP contribution in [0.15, 0.2) is 24.3 Å². The molecule has 1 saturated carbocycles. The van der Waals surface area contributed by atoms with Gasteiger partial charge in [0, 0.05) is 16.2 Å². The normalized spacial score (nSPS) is 26.0. The molecule has 1 aliphatic carbocycles. The van der Waals surface area contributed by atoms with E-state index in [0.717, 1.165) is 30.6 Å². The molecule has 0 saturated heterocycles. The van der Waals surface area contributed by atoms with Crippen LogP contribution >= 0.6 is 22.9 Å². The van der Waals surface area contributed by atoms with Crippen molar-refractivity contribution < 1.29 is 15.0 Å². The van der Waals surface area contributed by atoms with Crippen molar-refractivity contribution in [1.29, 1.82) is 0 Å². The monoisotopic (exact) mass is 398 g/mol. The second kappa shape index (κ2) is 11.1. The topological polar surface area (TPSA) is 57.5 Å². The Labute approximate surface area is 166 Å². The standard InChI is InChI=1S/C21H31ClO3S/c1-2-3-4-5-6-7-10-17-16(18(22)14-19(17)23)11-8-9-15-12-13-20(26-15)21(24)25/h7,10,12-13,16-19,23H,2-6,8-9,11,14H2,1H3,(H,24,25)/b10-7+/t16-,17-,18-,19-/m1/s1. The van der Waals surface area contributed by atoms with Gasteiger partial charge in [-0.05, 0) is 56.6 Å². The minimum Gasteiger partial charge on any atom is -0.477 e. The smallest absolute Gasteiger partial charge is 0.345 e. The molecule has 0 aromatic carbocycles. The zero-order valence-corrected chi connectivity index (χ0v) is 17.1. The van der Waals surface area contributed by atoms with Crippen molar-refractivity contribution in [2.24, 2.45) is 11.8 Å². The number of thiophene rings is 1. The average Bonchev–Trinajstić information content (AvgIpc) is 3.17. The van der Waals surface area contributed by atoms with Gasteiger partial charge in [-0.15, -0.1) is 22.9 Å². The molecule has 1 aromatic heterocycles. The minimum atomic E-state index is -0.856. The molecule has 1 aliphatic rings. The summed E-state index contributed by atoms with van der Waals surface area (Å²) in [6.07, 6.45) is 13.7. The zero-order chi connectivity index (χ0) is 18.9. The molecule has 0 spiro atoms. The summed E-state index contributed by atoms with van der Waals surface area (Å²) in [4.78, 5) is 12.5. The van der Waals surface area contributed by atoms with E-state index in [4.69, 9.17) is 16.7 Å². The summed E-state index contributed by atoms with van der Waals surface area (Å²) < 4.78 is 0. The van der Waals surface area contributed by atoms with Gasteiger partial charge >= 0.3 is 5.97 Å². The highest BCUT2D eigenvalue weighted by Crippen LogP contribution is 2.40. The summed E-state index contributed by atoms with van der Waals surface area (Å²) in [6.45, 7) is 2.22. The van der Waals surface area contributed by atoms with Crippen molar-refractivity contribution in [1.82, 2.24) is 0 Å². The molecule has 2 N–H and O–H groups in total. The Hall–Kier alpha value is -0.840. The van der Waals surface area contributed by atoms with Crippen LogP contribution in [-0.2, 0) is 6.42 Å².